The number of hydrogen-bond donors (Lipinski definition) is 1. The van der Waals surface area contributed by atoms with E-state index in [2.05, 4.69) is 0 Å². The van der Waals surface area contributed by atoms with E-state index < -0.39 is 24.2 Å². The van der Waals surface area contributed by atoms with Crippen molar-refractivity contribution in [2.45, 2.75) is 17.5 Å². The van der Waals surface area contributed by atoms with E-state index in [1.54, 1.807) is 14.1 Å². The summed E-state index contributed by atoms with van der Waals surface area (Å²) in [5, 5.41) is -0.347. The largest absolute Gasteiger partial charge is 0.448 e. The lowest BCUT2D eigenvalue weighted by Gasteiger charge is -2.48. The molecular weight excluding hydrogens is 442 g/mol. The maximum Gasteiger partial charge on any atom is 0.409 e. The summed E-state index contributed by atoms with van der Waals surface area (Å²) in [6.07, 6.45) is -1.21. The maximum absolute atomic E-state index is 13.5. The van der Waals surface area contributed by atoms with Crippen molar-refractivity contribution >= 4 is 29.7 Å². The van der Waals surface area contributed by atoms with Gasteiger partial charge in [0, 0.05) is 25.4 Å². The minimum Gasteiger partial charge on any atom is -0.448 e. The van der Waals surface area contributed by atoms with Crippen molar-refractivity contribution in [1.29, 1.82) is 0 Å². The molecule has 2 aliphatic rings. The molecule has 1 unspecified atom stereocenters. The SMILES string of the molecule is CN(C)C(=O)OCC1=C(C(=O)OC(c2ccccc2)c2ccccc2)N2C(=O)C(N)[C@@H]2SC1. The maximum atomic E-state index is 13.5. The quantitative estimate of drug-likeness (QED) is 0.514. The zero-order valence-electron chi connectivity index (χ0n) is 18.3. The number of thioether (sulfide) groups is 1. The highest BCUT2D eigenvalue weighted by atomic mass is 32.2. The van der Waals surface area contributed by atoms with Crippen LogP contribution < -0.4 is 5.73 Å². The van der Waals surface area contributed by atoms with E-state index in [1.807, 2.05) is 60.7 Å². The van der Waals surface area contributed by atoms with Crippen LogP contribution >= 0.6 is 11.8 Å². The van der Waals surface area contributed by atoms with Crippen LogP contribution in [0.25, 0.3) is 0 Å². The summed E-state index contributed by atoms with van der Waals surface area (Å²) < 4.78 is 11.3. The third-order valence-electron chi connectivity index (χ3n) is 5.45. The highest BCUT2D eigenvalue weighted by molar-refractivity contribution is 8.00. The number of carbonyl (C=O) groups is 3. The molecule has 2 aromatic rings. The predicted octanol–water partition coefficient (Wildman–Crippen LogP) is 2.51. The number of nitrogens with zero attached hydrogens (tertiary/aromatic N) is 2. The summed E-state index contributed by atoms with van der Waals surface area (Å²) in [6, 6.07) is 18.1. The number of β-lactam (4-membered cyclic amide) rings is 1. The van der Waals surface area contributed by atoms with Gasteiger partial charge in [0.05, 0.1) is 0 Å². The Hall–Kier alpha value is -3.30. The topological polar surface area (TPSA) is 102 Å². The first-order chi connectivity index (χ1) is 15.9. The summed E-state index contributed by atoms with van der Waals surface area (Å²) in [5.41, 5.74) is 8.16. The molecule has 2 N–H and O–H groups in total. The van der Waals surface area contributed by atoms with Crippen LogP contribution in [0.3, 0.4) is 0 Å². The molecule has 2 aromatic carbocycles. The van der Waals surface area contributed by atoms with Crippen LogP contribution in [0.4, 0.5) is 4.79 Å². The molecule has 0 saturated carbocycles. The Kier molecular flexibility index (Phi) is 6.71. The first-order valence-electron chi connectivity index (χ1n) is 10.5. The van der Waals surface area contributed by atoms with Crippen LogP contribution in [0.2, 0.25) is 0 Å². The Morgan fingerprint density at radius 1 is 1.09 bits per heavy atom. The zero-order valence-corrected chi connectivity index (χ0v) is 19.2. The van der Waals surface area contributed by atoms with Gasteiger partial charge >= 0.3 is 12.1 Å². The fourth-order valence-corrected chi connectivity index (χ4v) is 4.98. The van der Waals surface area contributed by atoms with Crippen molar-refractivity contribution in [1.82, 2.24) is 9.80 Å². The second-order valence-corrected chi connectivity index (χ2v) is 9.05. The average Bonchev–Trinajstić information content (AvgIpc) is 2.85. The van der Waals surface area contributed by atoms with E-state index >= 15 is 0 Å². The highest BCUT2D eigenvalue weighted by Crippen LogP contribution is 2.40. The summed E-state index contributed by atoms with van der Waals surface area (Å²) in [7, 11) is 3.14. The summed E-state index contributed by atoms with van der Waals surface area (Å²) >= 11 is 1.44. The Morgan fingerprint density at radius 3 is 2.21 bits per heavy atom. The minimum atomic E-state index is -0.678. The molecule has 2 heterocycles. The number of amides is 2. The van der Waals surface area contributed by atoms with Crippen molar-refractivity contribution in [3.05, 3.63) is 83.1 Å². The van der Waals surface area contributed by atoms with Crippen molar-refractivity contribution in [3.63, 3.8) is 0 Å². The molecule has 2 aliphatic heterocycles. The number of nitrogens with two attached hydrogens (primary N) is 1. The number of ether oxygens (including phenoxy) is 2. The van der Waals surface area contributed by atoms with E-state index in [9.17, 15) is 14.4 Å². The van der Waals surface area contributed by atoms with E-state index in [0.29, 0.717) is 11.3 Å². The van der Waals surface area contributed by atoms with Gasteiger partial charge in [-0.3, -0.25) is 9.69 Å². The molecule has 2 amide bonds. The van der Waals surface area contributed by atoms with Crippen molar-refractivity contribution in [3.8, 4) is 0 Å². The van der Waals surface area contributed by atoms with Gasteiger partial charge in [0.25, 0.3) is 0 Å². The normalized spacial score (nSPS) is 19.6. The third kappa shape index (κ3) is 4.60. The van der Waals surface area contributed by atoms with Crippen molar-refractivity contribution in [2.24, 2.45) is 5.73 Å². The molecule has 1 fully saturated rings. The van der Waals surface area contributed by atoms with Crippen molar-refractivity contribution in [2.75, 3.05) is 26.5 Å². The predicted molar refractivity (Wildman–Crippen MR) is 124 cm³/mol. The second kappa shape index (κ2) is 9.68. The van der Waals surface area contributed by atoms with Gasteiger partial charge in [0.15, 0.2) is 6.10 Å². The molecule has 33 heavy (non-hydrogen) atoms. The van der Waals surface area contributed by atoms with Crippen LogP contribution in [-0.2, 0) is 19.1 Å². The fourth-order valence-electron chi connectivity index (χ4n) is 3.70. The lowest BCUT2D eigenvalue weighted by atomic mass is 10.0. The average molecular weight is 468 g/mol. The van der Waals surface area contributed by atoms with Gasteiger partial charge in [0.2, 0.25) is 5.91 Å². The van der Waals surface area contributed by atoms with E-state index in [1.165, 1.54) is 21.6 Å². The standard InChI is InChI=1S/C24H25N3O5S/c1-26(2)24(30)31-13-17-14-33-22-18(25)21(28)27(22)19(17)23(29)32-20(15-9-5-3-6-10-15)16-11-7-4-8-12-16/h3-12,18,20,22H,13-14,25H2,1-2H3/t18?,22-/m0/s1. The van der Waals surface area contributed by atoms with E-state index in [0.717, 1.165) is 11.1 Å². The third-order valence-corrected chi connectivity index (χ3v) is 6.81. The number of benzene rings is 2. The summed E-state index contributed by atoms with van der Waals surface area (Å²) in [4.78, 5) is 40.7. The number of hydrogen-bond acceptors (Lipinski definition) is 7. The zero-order chi connectivity index (χ0) is 23.5. The Bertz CT molecular complexity index is 1030. The number of fused-ring (bicyclic) bond motifs is 1. The lowest BCUT2D eigenvalue weighted by Crippen LogP contribution is -2.68. The van der Waals surface area contributed by atoms with Gasteiger partial charge in [0.1, 0.15) is 23.7 Å². The molecule has 0 aliphatic carbocycles. The molecule has 0 aromatic heterocycles. The molecule has 0 bridgehead atoms. The van der Waals surface area contributed by atoms with Crippen LogP contribution in [0.15, 0.2) is 71.9 Å². The monoisotopic (exact) mass is 467 g/mol. The Labute approximate surface area is 196 Å². The molecule has 0 spiro atoms. The number of rotatable bonds is 6. The smallest absolute Gasteiger partial charge is 0.409 e. The molecule has 172 valence electrons. The Morgan fingerprint density at radius 2 is 1.67 bits per heavy atom. The molecule has 9 heteroatoms. The van der Waals surface area contributed by atoms with Crippen LogP contribution in [0, 0.1) is 0 Å². The van der Waals surface area contributed by atoms with Gasteiger partial charge in [-0.15, -0.1) is 11.8 Å². The molecule has 2 atom stereocenters. The molecular formula is C24H25N3O5S. The van der Waals surface area contributed by atoms with E-state index in [-0.39, 0.29) is 23.6 Å². The minimum absolute atomic E-state index is 0.105. The molecule has 0 radical (unpaired) electrons. The van der Waals surface area contributed by atoms with Gasteiger partial charge in [-0.25, -0.2) is 9.59 Å². The first kappa shape index (κ1) is 22.9. The summed E-state index contributed by atoms with van der Waals surface area (Å²) in [6.45, 7) is -0.123. The fraction of sp³-hybridized carbons (Fsp3) is 0.292. The van der Waals surface area contributed by atoms with Crippen molar-refractivity contribution < 1.29 is 23.9 Å². The number of esters is 1. The van der Waals surface area contributed by atoms with Gasteiger partial charge in [-0.1, -0.05) is 60.7 Å². The van der Waals surface area contributed by atoms with Gasteiger partial charge in [-0.05, 0) is 11.1 Å². The van der Waals surface area contributed by atoms with Gasteiger partial charge in [-0.2, -0.15) is 0 Å². The Balaban J connectivity index is 1.66. The second-order valence-electron chi connectivity index (χ2n) is 7.94. The van der Waals surface area contributed by atoms with Crippen LogP contribution in [0.5, 0.6) is 0 Å². The molecule has 4 rings (SSSR count). The summed E-state index contributed by atoms with van der Waals surface area (Å²) in [5.74, 6) is -0.616. The van der Waals surface area contributed by atoms with Crippen LogP contribution in [-0.4, -0.2) is 65.6 Å². The van der Waals surface area contributed by atoms with Gasteiger partial charge < -0.3 is 20.1 Å². The van der Waals surface area contributed by atoms with Crippen LogP contribution in [0.1, 0.15) is 17.2 Å². The first-order valence-corrected chi connectivity index (χ1v) is 11.5. The number of carbonyl (C=O) groups excluding carboxylic acids is 3. The molecule has 1 saturated heterocycles. The lowest BCUT2D eigenvalue weighted by molar-refractivity contribution is -0.153. The highest BCUT2D eigenvalue weighted by Gasteiger charge is 2.52. The molecule has 8 nitrogen and oxygen atoms in total. The van der Waals surface area contributed by atoms with E-state index in [4.69, 9.17) is 15.2 Å².